The van der Waals surface area contributed by atoms with Gasteiger partial charge in [-0.1, -0.05) is 38.2 Å². The SMILES string of the molecule is CC.C\C=C/C=C\C(=C/C)N1CC2CC1CN2c1ncc(C(=O)NO)cn1. The highest BCUT2D eigenvalue weighted by atomic mass is 16.5. The van der Waals surface area contributed by atoms with Crippen molar-refractivity contribution in [2.24, 2.45) is 0 Å². The lowest BCUT2D eigenvalue weighted by molar-refractivity contribution is 0.0705. The van der Waals surface area contributed by atoms with Crippen LogP contribution in [0.25, 0.3) is 0 Å². The zero-order valence-electron chi connectivity index (χ0n) is 16.5. The normalized spacial score (nSPS) is 21.7. The van der Waals surface area contributed by atoms with Crippen LogP contribution in [0, 0.1) is 0 Å². The molecule has 7 nitrogen and oxygen atoms in total. The van der Waals surface area contributed by atoms with E-state index in [2.05, 4.69) is 44.9 Å². The Labute approximate surface area is 161 Å². The van der Waals surface area contributed by atoms with Crippen molar-refractivity contribution in [3.05, 3.63) is 54.0 Å². The van der Waals surface area contributed by atoms with Crippen molar-refractivity contribution >= 4 is 11.9 Å². The highest BCUT2D eigenvalue weighted by molar-refractivity contribution is 5.92. The number of piperazine rings is 1. The topological polar surface area (TPSA) is 81.6 Å². The van der Waals surface area contributed by atoms with Crippen molar-refractivity contribution in [2.75, 3.05) is 18.0 Å². The number of carbonyl (C=O) groups excluding carboxylic acids is 1. The van der Waals surface area contributed by atoms with Crippen LogP contribution >= 0.6 is 0 Å². The minimum absolute atomic E-state index is 0.238. The van der Waals surface area contributed by atoms with Crippen molar-refractivity contribution < 1.29 is 10.0 Å². The Morgan fingerprint density at radius 2 is 1.89 bits per heavy atom. The number of hydrogen-bond donors (Lipinski definition) is 2. The summed E-state index contributed by atoms with van der Waals surface area (Å²) < 4.78 is 0. The summed E-state index contributed by atoms with van der Waals surface area (Å²) >= 11 is 0. The minimum Gasteiger partial charge on any atom is -0.365 e. The fraction of sp³-hybridized carbons (Fsp3) is 0.450. The number of rotatable bonds is 5. The van der Waals surface area contributed by atoms with Gasteiger partial charge in [-0.25, -0.2) is 15.4 Å². The van der Waals surface area contributed by atoms with Gasteiger partial charge in [-0.3, -0.25) is 10.0 Å². The summed E-state index contributed by atoms with van der Waals surface area (Å²) in [6.07, 6.45) is 14.4. The molecule has 0 aliphatic carbocycles. The Balaban J connectivity index is 0.00000126. The van der Waals surface area contributed by atoms with E-state index >= 15 is 0 Å². The smallest absolute Gasteiger partial charge is 0.277 e. The first kappa shape index (κ1) is 20.6. The molecule has 0 saturated carbocycles. The molecule has 2 saturated heterocycles. The molecule has 2 N–H and O–H groups in total. The van der Waals surface area contributed by atoms with Gasteiger partial charge in [0.25, 0.3) is 5.91 Å². The molecule has 0 aromatic carbocycles. The zero-order valence-corrected chi connectivity index (χ0v) is 16.5. The first-order valence-electron chi connectivity index (χ1n) is 9.43. The second kappa shape index (κ2) is 9.87. The molecule has 2 bridgehead atoms. The van der Waals surface area contributed by atoms with Crippen LogP contribution in [-0.2, 0) is 0 Å². The Bertz CT molecular complexity index is 712. The number of nitrogens with zero attached hydrogens (tertiary/aromatic N) is 4. The van der Waals surface area contributed by atoms with Gasteiger partial charge in [0, 0.05) is 37.2 Å². The van der Waals surface area contributed by atoms with E-state index in [0.717, 1.165) is 19.5 Å². The highest BCUT2D eigenvalue weighted by Gasteiger charge is 2.44. The van der Waals surface area contributed by atoms with E-state index in [9.17, 15) is 4.79 Å². The molecular formula is C20H29N5O2. The predicted molar refractivity (Wildman–Crippen MR) is 107 cm³/mol. The van der Waals surface area contributed by atoms with Gasteiger partial charge >= 0.3 is 0 Å². The Morgan fingerprint density at radius 3 is 2.41 bits per heavy atom. The summed E-state index contributed by atoms with van der Waals surface area (Å²) in [4.78, 5) is 24.6. The summed E-state index contributed by atoms with van der Waals surface area (Å²) in [7, 11) is 0. The summed E-state index contributed by atoms with van der Waals surface area (Å²) in [5, 5.41) is 8.65. The molecule has 2 atom stereocenters. The number of carbonyl (C=O) groups is 1. The molecule has 2 aliphatic heterocycles. The van der Waals surface area contributed by atoms with E-state index < -0.39 is 5.91 Å². The predicted octanol–water partition coefficient (Wildman–Crippen LogP) is 2.92. The first-order valence-corrected chi connectivity index (χ1v) is 9.43. The molecule has 1 aromatic rings. The lowest BCUT2D eigenvalue weighted by Gasteiger charge is -2.36. The quantitative estimate of drug-likeness (QED) is 0.470. The lowest BCUT2D eigenvalue weighted by atomic mass is 10.2. The molecule has 1 aromatic heterocycles. The molecule has 146 valence electrons. The molecule has 7 heteroatoms. The molecule has 2 fully saturated rings. The summed E-state index contributed by atoms with van der Waals surface area (Å²) in [6.45, 7) is 9.87. The largest absolute Gasteiger partial charge is 0.365 e. The van der Waals surface area contributed by atoms with Gasteiger partial charge in [-0.2, -0.15) is 0 Å². The van der Waals surface area contributed by atoms with Crippen LogP contribution < -0.4 is 10.4 Å². The van der Waals surface area contributed by atoms with E-state index in [0.29, 0.717) is 18.0 Å². The van der Waals surface area contributed by atoms with Crippen LogP contribution in [0.15, 0.2) is 48.5 Å². The van der Waals surface area contributed by atoms with Crippen molar-refractivity contribution in [3.63, 3.8) is 0 Å². The number of aromatic nitrogens is 2. The third kappa shape index (κ3) is 4.54. The summed E-state index contributed by atoms with van der Waals surface area (Å²) in [5.74, 6) is 0.0273. The highest BCUT2D eigenvalue weighted by Crippen LogP contribution is 2.35. The maximum absolute atomic E-state index is 11.4. The number of nitrogens with one attached hydrogen (secondary N) is 1. The van der Waals surface area contributed by atoms with Gasteiger partial charge in [-0.15, -0.1) is 0 Å². The van der Waals surface area contributed by atoms with Gasteiger partial charge < -0.3 is 9.80 Å². The van der Waals surface area contributed by atoms with Gasteiger partial charge in [-0.05, 0) is 26.3 Å². The van der Waals surface area contributed by atoms with Crippen LogP contribution in [0.5, 0.6) is 0 Å². The van der Waals surface area contributed by atoms with E-state index in [-0.39, 0.29) is 5.56 Å². The molecule has 1 amide bonds. The monoisotopic (exact) mass is 371 g/mol. The van der Waals surface area contributed by atoms with Crippen LogP contribution in [0.2, 0.25) is 0 Å². The first-order chi connectivity index (χ1) is 13.2. The second-order valence-corrected chi connectivity index (χ2v) is 6.16. The fourth-order valence-electron chi connectivity index (χ4n) is 3.50. The average molecular weight is 371 g/mol. The van der Waals surface area contributed by atoms with Gasteiger partial charge in [0.2, 0.25) is 5.95 Å². The molecule has 27 heavy (non-hydrogen) atoms. The van der Waals surface area contributed by atoms with Crippen molar-refractivity contribution in [1.29, 1.82) is 0 Å². The van der Waals surface area contributed by atoms with E-state index in [4.69, 9.17) is 5.21 Å². The van der Waals surface area contributed by atoms with Crippen molar-refractivity contribution in [2.45, 2.75) is 46.2 Å². The molecular weight excluding hydrogens is 342 g/mol. The maximum Gasteiger partial charge on any atom is 0.277 e. The fourth-order valence-corrected chi connectivity index (χ4v) is 3.50. The lowest BCUT2D eigenvalue weighted by Crippen LogP contribution is -2.46. The number of allylic oxidation sites excluding steroid dienone is 5. The Kier molecular flexibility index (Phi) is 7.55. The zero-order chi connectivity index (χ0) is 19.8. The summed E-state index contributed by atoms with van der Waals surface area (Å²) in [5.41, 5.74) is 3.06. The molecule has 0 spiro atoms. The number of hydrogen-bond acceptors (Lipinski definition) is 6. The molecule has 0 radical (unpaired) electrons. The molecule has 2 aliphatic rings. The van der Waals surface area contributed by atoms with Gasteiger partial charge in [0.05, 0.1) is 11.6 Å². The average Bonchev–Trinajstić information content (AvgIpc) is 3.33. The van der Waals surface area contributed by atoms with Gasteiger partial charge in [0.1, 0.15) is 0 Å². The van der Waals surface area contributed by atoms with E-state index in [1.807, 2.05) is 32.9 Å². The Hall–Kier alpha value is -2.67. The number of fused-ring (bicyclic) bond motifs is 2. The third-order valence-corrected chi connectivity index (χ3v) is 4.70. The second-order valence-electron chi connectivity index (χ2n) is 6.16. The number of amides is 1. The molecule has 3 rings (SSSR count). The number of anilines is 1. The standard InChI is InChI=1S/C18H23N5O2.C2H6/c1-3-5-6-7-14(4-2)22-11-16-8-15(22)12-23(16)18-19-9-13(10-20-18)17(24)21-25;1-2/h3-7,9-10,15-16,25H,8,11-12H2,1-2H3,(H,21,24);1-2H3/b5-3-,7-6-,14-4+;. The van der Waals surface area contributed by atoms with Crippen LogP contribution in [0.4, 0.5) is 5.95 Å². The third-order valence-electron chi connectivity index (χ3n) is 4.70. The Morgan fingerprint density at radius 1 is 1.19 bits per heavy atom. The minimum atomic E-state index is -0.605. The van der Waals surface area contributed by atoms with Crippen LogP contribution in [-0.4, -0.2) is 51.2 Å². The maximum atomic E-state index is 11.4. The number of likely N-dealkylation sites (tertiary alicyclic amines) is 1. The van der Waals surface area contributed by atoms with E-state index in [1.54, 1.807) is 5.48 Å². The molecule has 2 unspecified atom stereocenters. The van der Waals surface area contributed by atoms with Crippen LogP contribution in [0.3, 0.4) is 0 Å². The van der Waals surface area contributed by atoms with E-state index in [1.165, 1.54) is 18.1 Å². The number of hydroxylamine groups is 1. The van der Waals surface area contributed by atoms with Gasteiger partial charge in [0.15, 0.2) is 0 Å². The van der Waals surface area contributed by atoms with Crippen molar-refractivity contribution in [3.8, 4) is 0 Å². The van der Waals surface area contributed by atoms with Crippen LogP contribution in [0.1, 0.15) is 44.5 Å². The van der Waals surface area contributed by atoms with Crippen molar-refractivity contribution in [1.82, 2.24) is 20.3 Å². The molecule has 3 heterocycles. The summed E-state index contributed by atoms with van der Waals surface area (Å²) in [6, 6.07) is 0.808.